The van der Waals surface area contributed by atoms with Crippen LogP contribution in [0.4, 0.5) is 0 Å². The van der Waals surface area contributed by atoms with Crippen LogP contribution >= 0.6 is 0 Å². The van der Waals surface area contributed by atoms with Crippen molar-refractivity contribution in [1.29, 1.82) is 0 Å². The summed E-state index contributed by atoms with van der Waals surface area (Å²) in [5.41, 5.74) is 0.573. The normalized spacial score (nSPS) is 11.6. The van der Waals surface area contributed by atoms with E-state index in [-0.39, 0.29) is 18.0 Å². The fourth-order valence-corrected chi connectivity index (χ4v) is 2.33. The first-order valence-electron chi connectivity index (χ1n) is 8.31. The molecule has 25 heavy (non-hydrogen) atoms. The van der Waals surface area contributed by atoms with E-state index in [2.05, 4.69) is 15.5 Å². The number of methoxy groups -OCH3 is 1. The van der Waals surface area contributed by atoms with Gasteiger partial charge in [0.2, 0.25) is 17.6 Å². The standard InChI is InChI=1S/C18H26N4O3/c1-6-22(11-15(23)20-18(2,3)4)12-16-19-17(21-25-16)13-8-7-9-14(10-13)24-5/h7-10H,6,11-12H2,1-5H3,(H,20,23). The van der Waals surface area contributed by atoms with Crippen LogP contribution in [0.15, 0.2) is 28.8 Å². The first-order valence-corrected chi connectivity index (χ1v) is 8.31. The predicted octanol–water partition coefficient (Wildman–Crippen LogP) is 2.48. The summed E-state index contributed by atoms with van der Waals surface area (Å²) in [4.78, 5) is 18.4. The lowest BCUT2D eigenvalue weighted by Gasteiger charge is -2.23. The highest BCUT2D eigenvalue weighted by Crippen LogP contribution is 2.21. The van der Waals surface area contributed by atoms with Crippen LogP contribution in [0.2, 0.25) is 0 Å². The van der Waals surface area contributed by atoms with Gasteiger partial charge in [-0.05, 0) is 39.4 Å². The molecule has 1 aromatic heterocycles. The van der Waals surface area contributed by atoms with Crippen molar-refractivity contribution in [3.05, 3.63) is 30.2 Å². The molecule has 0 saturated carbocycles. The summed E-state index contributed by atoms with van der Waals surface area (Å²) >= 11 is 0. The smallest absolute Gasteiger partial charge is 0.241 e. The summed E-state index contributed by atoms with van der Waals surface area (Å²) < 4.78 is 10.5. The van der Waals surface area contributed by atoms with E-state index in [4.69, 9.17) is 9.26 Å². The molecule has 0 fully saturated rings. The molecule has 0 aliphatic rings. The van der Waals surface area contributed by atoms with Crippen molar-refractivity contribution in [2.24, 2.45) is 0 Å². The third-order valence-electron chi connectivity index (χ3n) is 3.48. The van der Waals surface area contributed by atoms with Gasteiger partial charge in [0.25, 0.3) is 0 Å². The monoisotopic (exact) mass is 346 g/mol. The molecule has 1 amide bonds. The van der Waals surface area contributed by atoms with Gasteiger partial charge in [-0.1, -0.05) is 24.2 Å². The summed E-state index contributed by atoms with van der Waals surface area (Å²) in [5.74, 6) is 1.69. The lowest BCUT2D eigenvalue weighted by Crippen LogP contribution is -2.45. The Hall–Kier alpha value is -2.41. The largest absolute Gasteiger partial charge is 0.497 e. The number of aromatic nitrogens is 2. The van der Waals surface area contributed by atoms with Crippen LogP contribution in [0.3, 0.4) is 0 Å². The fourth-order valence-electron chi connectivity index (χ4n) is 2.33. The lowest BCUT2D eigenvalue weighted by atomic mass is 10.1. The summed E-state index contributed by atoms with van der Waals surface area (Å²) in [6, 6.07) is 7.48. The quantitative estimate of drug-likeness (QED) is 0.829. The Morgan fingerprint density at radius 2 is 2.12 bits per heavy atom. The van der Waals surface area contributed by atoms with Gasteiger partial charge >= 0.3 is 0 Å². The Balaban J connectivity index is 2.02. The number of ether oxygens (including phenoxy) is 1. The van der Waals surface area contributed by atoms with Gasteiger partial charge in [-0.3, -0.25) is 9.69 Å². The maximum atomic E-state index is 12.1. The van der Waals surface area contributed by atoms with E-state index in [1.54, 1.807) is 7.11 Å². The SMILES string of the molecule is CCN(CC(=O)NC(C)(C)C)Cc1nc(-c2cccc(OC)c2)no1. The lowest BCUT2D eigenvalue weighted by molar-refractivity contribution is -0.123. The van der Waals surface area contributed by atoms with Gasteiger partial charge < -0.3 is 14.6 Å². The molecule has 0 aliphatic carbocycles. The molecule has 2 aromatic rings. The number of carbonyl (C=O) groups excluding carboxylic acids is 1. The number of amides is 1. The van der Waals surface area contributed by atoms with E-state index in [0.29, 0.717) is 24.8 Å². The predicted molar refractivity (Wildman–Crippen MR) is 95.1 cm³/mol. The molecule has 1 N–H and O–H groups in total. The van der Waals surface area contributed by atoms with E-state index in [1.807, 2.05) is 56.9 Å². The molecule has 0 unspecified atom stereocenters. The van der Waals surface area contributed by atoms with Crippen molar-refractivity contribution < 1.29 is 14.1 Å². The maximum absolute atomic E-state index is 12.1. The van der Waals surface area contributed by atoms with Gasteiger partial charge in [0.1, 0.15) is 5.75 Å². The second-order valence-corrected chi connectivity index (χ2v) is 6.85. The van der Waals surface area contributed by atoms with Crippen LogP contribution in [0.25, 0.3) is 11.4 Å². The minimum absolute atomic E-state index is 0.0260. The number of hydrogen-bond donors (Lipinski definition) is 1. The third kappa shape index (κ3) is 5.86. The molecule has 1 heterocycles. The van der Waals surface area contributed by atoms with Gasteiger partial charge in [0.15, 0.2) is 0 Å². The molecule has 0 atom stereocenters. The maximum Gasteiger partial charge on any atom is 0.241 e. The number of benzene rings is 1. The molecule has 1 aromatic carbocycles. The Morgan fingerprint density at radius 1 is 1.36 bits per heavy atom. The van der Waals surface area contributed by atoms with Gasteiger partial charge in [0, 0.05) is 11.1 Å². The van der Waals surface area contributed by atoms with Crippen molar-refractivity contribution in [1.82, 2.24) is 20.4 Å². The minimum Gasteiger partial charge on any atom is -0.497 e. The average molecular weight is 346 g/mol. The molecular weight excluding hydrogens is 320 g/mol. The molecule has 0 aliphatic heterocycles. The highest BCUT2D eigenvalue weighted by atomic mass is 16.5. The summed E-state index contributed by atoms with van der Waals surface area (Å²) in [6.07, 6.45) is 0. The van der Waals surface area contributed by atoms with Gasteiger partial charge in [-0.15, -0.1) is 0 Å². The zero-order valence-electron chi connectivity index (χ0n) is 15.5. The zero-order valence-corrected chi connectivity index (χ0v) is 15.5. The van der Waals surface area contributed by atoms with E-state index in [0.717, 1.165) is 11.3 Å². The summed E-state index contributed by atoms with van der Waals surface area (Å²) in [5, 5.41) is 6.97. The number of hydrogen-bond acceptors (Lipinski definition) is 6. The van der Waals surface area contributed by atoms with Crippen LogP contribution in [0.1, 0.15) is 33.6 Å². The van der Waals surface area contributed by atoms with E-state index < -0.39 is 0 Å². The second kappa shape index (κ2) is 8.11. The third-order valence-corrected chi connectivity index (χ3v) is 3.48. The minimum atomic E-state index is -0.249. The second-order valence-electron chi connectivity index (χ2n) is 6.85. The number of nitrogens with zero attached hydrogens (tertiary/aromatic N) is 3. The van der Waals surface area contributed by atoms with Crippen molar-refractivity contribution >= 4 is 5.91 Å². The number of nitrogens with one attached hydrogen (secondary N) is 1. The molecule has 7 nitrogen and oxygen atoms in total. The molecule has 2 rings (SSSR count). The summed E-state index contributed by atoms with van der Waals surface area (Å²) in [7, 11) is 1.61. The molecule has 136 valence electrons. The van der Waals surface area contributed by atoms with E-state index in [1.165, 1.54) is 0 Å². The number of likely N-dealkylation sites (N-methyl/N-ethyl adjacent to an activating group) is 1. The van der Waals surface area contributed by atoms with Crippen LogP contribution in [-0.4, -0.2) is 46.7 Å². The molecule has 0 saturated heterocycles. The molecule has 0 bridgehead atoms. The average Bonchev–Trinajstić information content (AvgIpc) is 3.01. The van der Waals surface area contributed by atoms with Crippen LogP contribution in [-0.2, 0) is 11.3 Å². The van der Waals surface area contributed by atoms with E-state index >= 15 is 0 Å². The van der Waals surface area contributed by atoms with Crippen molar-refractivity contribution in [3.63, 3.8) is 0 Å². The van der Waals surface area contributed by atoms with Crippen LogP contribution < -0.4 is 10.1 Å². The fraction of sp³-hybridized carbons (Fsp3) is 0.500. The molecular formula is C18H26N4O3. The highest BCUT2D eigenvalue weighted by Gasteiger charge is 2.18. The van der Waals surface area contributed by atoms with Crippen molar-refractivity contribution in [3.8, 4) is 17.1 Å². The number of rotatable bonds is 7. The summed E-state index contributed by atoms with van der Waals surface area (Å²) in [6.45, 7) is 9.27. The first-order chi connectivity index (χ1) is 11.8. The molecule has 0 radical (unpaired) electrons. The topological polar surface area (TPSA) is 80.5 Å². The van der Waals surface area contributed by atoms with Crippen LogP contribution in [0.5, 0.6) is 5.75 Å². The Kier molecular flexibility index (Phi) is 6.14. The van der Waals surface area contributed by atoms with Gasteiger partial charge in [0.05, 0.1) is 20.2 Å². The van der Waals surface area contributed by atoms with E-state index in [9.17, 15) is 4.79 Å². The molecule has 7 heteroatoms. The van der Waals surface area contributed by atoms with Gasteiger partial charge in [-0.25, -0.2) is 0 Å². The van der Waals surface area contributed by atoms with Crippen LogP contribution in [0, 0.1) is 0 Å². The Bertz CT molecular complexity index is 706. The Morgan fingerprint density at radius 3 is 2.76 bits per heavy atom. The number of carbonyl (C=O) groups is 1. The Labute approximate surface area is 148 Å². The van der Waals surface area contributed by atoms with Crippen molar-refractivity contribution in [2.45, 2.75) is 39.8 Å². The molecule has 0 spiro atoms. The zero-order chi connectivity index (χ0) is 18.4. The van der Waals surface area contributed by atoms with Gasteiger partial charge in [-0.2, -0.15) is 4.98 Å². The highest BCUT2D eigenvalue weighted by molar-refractivity contribution is 5.78. The van der Waals surface area contributed by atoms with Crippen molar-refractivity contribution in [2.75, 3.05) is 20.2 Å². The first kappa shape index (κ1) is 18.9.